The van der Waals surface area contributed by atoms with Crippen LogP contribution in [-0.2, 0) is 4.79 Å². The van der Waals surface area contributed by atoms with E-state index in [0.717, 1.165) is 24.2 Å². The van der Waals surface area contributed by atoms with Gasteiger partial charge in [0.05, 0.1) is 22.8 Å². The average molecular weight is 341 g/mol. The molecule has 1 heterocycles. The van der Waals surface area contributed by atoms with E-state index in [4.69, 9.17) is 0 Å². The van der Waals surface area contributed by atoms with Crippen molar-refractivity contribution in [3.8, 4) is 5.69 Å². The molecule has 2 N–H and O–H groups in total. The zero-order chi connectivity index (χ0) is 18.0. The Hall–Kier alpha value is -2.63. The van der Waals surface area contributed by atoms with Crippen molar-refractivity contribution in [2.75, 3.05) is 0 Å². The fraction of sp³-hybridized carbons (Fsp3) is 0.421. The summed E-state index contributed by atoms with van der Waals surface area (Å²) in [4.78, 5) is 24.1. The highest BCUT2D eigenvalue weighted by Gasteiger charge is 2.42. The first kappa shape index (κ1) is 17.2. The van der Waals surface area contributed by atoms with Crippen LogP contribution < -0.4 is 5.32 Å². The third-order valence-corrected chi connectivity index (χ3v) is 5.02. The predicted molar refractivity (Wildman–Crippen MR) is 93.8 cm³/mol. The quantitative estimate of drug-likeness (QED) is 0.895. The second kappa shape index (κ2) is 6.70. The average Bonchev–Trinajstić information content (AvgIpc) is 3.01. The summed E-state index contributed by atoms with van der Waals surface area (Å²) in [6, 6.07) is 9.06. The van der Waals surface area contributed by atoms with Gasteiger partial charge in [-0.3, -0.25) is 9.59 Å². The lowest BCUT2D eigenvalue weighted by molar-refractivity contribution is -0.145. The lowest BCUT2D eigenvalue weighted by Gasteiger charge is -2.39. The van der Waals surface area contributed by atoms with Gasteiger partial charge in [0.2, 0.25) is 0 Å². The minimum Gasteiger partial charge on any atom is -0.481 e. The van der Waals surface area contributed by atoms with Crippen molar-refractivity contribution >= 4 is 11.9 Å². The minimum absolute atomic E-state index is 0.237. The Kier molecular flexibility index (Phi) is 4.61. The number of carbonyl (C=O) groups is 2. The molecule has 2 atom stereocenters. The number of rotatable bonds is 4. The second-order valence-corrected chi connectivity index (χ2v) is 6.96. The van der Waals surface area contributed by atoms with Crippen LogP contribution in [0.1, 0.15) is 48.7 Å². The highest BCUT2D eigenvalue weighted by Crippen LogP contribution is 2.34. The molecule has 1 saturated carbocycles. The monoisotopic (exact) mass is 341 g/mol. The van der Waals surface area contributed by atoms with Crippen molar-refractivity contribution in [1.29, 1.82) is 0 Å². The van der Waals surface area contributed by atoms with Gasteiger partial charge in [0.25, 0.3) is 5.91 Å². The summed E-state index contributed by atoms with van der Waals surface area (Å²) in [5, 5.41) is 16.8. The van der Waals surface area contributed by atoms with Gasteiger partial charge in [-0.15, -0.1) is 0 Å². The van der Waals surface area contributed by atoms with E-state index in [2.05, 4.69) is 10.4 Å². The number of carboxylic acids is 1. The fourth-order valence-corrected chi connectivity index (χ4v) is 3.54. The van der Waals surface area contributed by atoms with Gasteiger partial charge in [0, 0.05) is 11.8 Å². The Labute approximate surface area is 146 Å². The number of aliphatic carboxylic acids is 1. The zero-order valence-corrected chi connectivity index (χ0v) is 14.5. The maximum Gasteiger partial charge on any atom is 0.308 e. The van der Waals surface area contributed by atoms with Crippen LogP contribution in [-0.4, -0.2) is 32.3 Å². The number of carboxylic acid groups (broad SMARTS) is 1. The van der Waals surface area contributed by atoms with Crippen LogP contribution in [0.25, 0.3) is 5.69 Å². The van der Waals surface area contributed by atoms with Crippen molar-refractivity contribution in [2.24, 2.45) is 5.92 Å². The van der Waals surface area contributed by atoms with Gasteiger partial charge in [-0.05, 0) is 57.0 Å². The van der Waals surface area contributed by atoms with Crippen molar-refractivity contribution in [1.82, 2.24) is 15.1 Å². The number of hydrogen-bond donors (Lipinski definition) is 2. The number of nitrogens with zero attached hydrogens (tertiary/aromatic N) is 2. The molecule has 3 rings (SSSR count). The Morgan fingerprint density at radius 1 is 1.24 bits per heavy atom. The van der Waals surface area contributed by atoms with E-state index in [-0.39, 0.29) is 5.91 Å². The maximum atomic E-state index is 12.6. The highest BCUT2D eigenvalue weighted by atomic mass is 16.4. The largest absolute Gasteiger partial charge is 0.481 e. The predicted octanol–water partition coefficient (Wildman–Crippen LogP) is 2.94. The Morgan fingerprint density at radius 2 is 1.96 bits per heavy atom. The SMILES string of the molecule is Cc1ccn(-c2ccc(C(=O)NC3(C)CCCCC3C(=O)O)cc2)n1. The van der Waals surface area contributed by atoms with Gasteiger partial charge >= 0.3 is 5.97 Å². The zero-order valence-electron chi connectivity index (χ0n) is 14.5. The molecule has 0 spiro atoms. The van der Waals surface area contributed by atoms with Crippen molar-refractivity contribution in [2.45, 2.75) is 45.1 Å². The molecule has 2 aromatic rings. The summed E-state index contributed by atoms with van der Waals surface area (Å²) >= 11 is 0. The maximum absolute atomic E-state index is 12.6. The summed E-state index contributed by atoms with van der Waals surface area (Å²) < 4.78 is 1.75. The van der Waals surface area contributed by atoms with Gasteiger partial charge in [0.1, 0.15) is 0 Å². The molecule has 1 aliphatic carbocycles. The molecular formula is C19H23N3O3. The first-order valence-corrected chi connectivity index (χ1v) is 8.57. The Balaban J connectivity index is 1.75. The first-order valence-electron chi connectivity index (χ1n) is 8.57. The Morgan fingerprint density at radius 3 is 2.56 bits per heavy atom. The number of carbonyl (C=O) groups excluding carboxylic acids is 1. The minimum atomic E-state index is -0.841. The van der Waals surface area contributed by atoms with Crippen LogP contribution in [0.5, 0.6) is 0 Å². The lowest BCUT2D eigenvalue weighted by atomic mass is 9.73. The molecule has 0 aliphatic heterocycles. The summed E-state index contributed by atoms with van der Waals surface area (Å²) in [5.74, 6) is -1.62. The second-order valence-electron chi connectivity index (χ2n) is 6.96. The van der Waals surface area contributed by atoms with E-state index in [1.807, 2.05) is 38.2 Å². The van der Waals surface area contributed by atoms with Crippen LogP contribution in [0.2, 0.25) is 0 Å². The van der Waals surface area contributed by atoms with Gasteiger partial charge in [-0.25, -0.2) is 4.68 Å². The summed E-state index contributed by atoms with van der Waals surface area (Å²) in [6.07, 6.45) is 4.97. The third kappa shape index (κ3) is 3.57. The van der Waals surface area contributed by atoms with Gasteiger partial charge in [0.15, 0.2) is 0 Å². The van der Waals surface area contributed by atoms with Crippen LogP contribution in [0.4, 0.5) is 0 Å². The van der Waals surface area contributed by atoms with Crippen molar-refractivity contribution in [3.63, 3.8) is 0 Å². The number of amides is 1. The van der Waals surface area contributed by atoms with E-state index in [1.165, 1.54) is 0 Å². The lowest BCUT2D eigenvalue weighted by Crippen LogP contribution is -2.55. The smallest absolute Gasteiger partial charge is 0.308 e. The van der Waals surface area contributed by atoms with Gasteiger partial charge < -0.3 is 10.4 Å². The number of benzene rings is 1. The number of nitrogens with one attached hydrogen (secondary N) is 1. The molecule has 6 nitrogen and oxygen atoms in total. The van der Waals surface area contributed by atoms with E-state index < -0.39 is 17.4 Å². The molecule has 0 radical (unpaired) electrons. The summed E-state index contributed by atoms with van der Waals surface area (Å²) in [7, 11) is 0. The van der Waals surface area contributed by atoms with E-state index in [0.29, 0.717) is 18.4 Å². The van der Waals surface area contributed by atoms with Gasteiger partial charge in [-0.2, -0.15) is 5.10 Å². The van der Waals surface area contributed by atoms with E-state index in [9.17, 15) is 14.7 Å². The molecule has 1 amide bonds. The third-order valence-electron chi connectivity index (χ3n) is 5.02. The molecule has 0 saturated heterocycles. The molecule has 2 unspecified atom stereocenters. The first-order chi connectivity index (χ1) is 11.9. The summed E-state index contributed by atoms with van der Waals surface area (Å²) in [6.45, 7) is 3.76. The molecule has 1 aromatic heterocycles. The molecule has 132 valence electrons. The molecular weight excluding hydrogens is 318 g/mol. The van der Waals surface area contributed by atoms with Crippen molar-refractivity contribution in [3.05, 3.63) is 47.8 Å². The van der Waals surface area contributed by atoms with Crippen LogP contribution in [0, 0.1) is 12.8 Å². The number of aryl methyl sites for hydroxylation is 1. The number of hydrogen-bond acceptors (Lipinski definition) is 3. The van der Waals surface area contributed by atoms with E-state index >= 15 is 0 Å². The Bertz CT molecular complexity index is 781. The number of aromatic nitrogens is 2. The summed E-state index contributed by atoms with van der Waals surface area (Å²) in [5.41, 5.74) is 1.60. The molecule has 1 aromatic carbocycles. The molecule has 0 bridgehead atoms. The van der Waals surface area contributed by atoms with Crippen LogP contribution in [0.3, 0.4) is 0 Å². The van der Waals surface area contributed by atoms with E-state index in [1.54, 1.807) is 16.8 Å². The molecule has 1 fully saturated rings. The van der Waals surface area contributed by atoms with Gasteiger partial charge in [-0.1, -0.05) is 12.8 Å². The molecule has 6 heteroatoms. The molecule has 1 aliphatic rings. The fourth-order valence-electron chi connectivity index (χ4n) is 3.54. The van der Waals surface area contributed by atoms with Crippen LogP contribution >= 0.6 is 0 Å². The normalized spacial score (nSPS) is 23.2. The molecule has 25 heavy (non-hydrogen) atoms. The topological polar surface area (TPSA) is 84.2 Å². The van der Waals surface area contributed by atoms with Crippen LogP contribution in [0.15, 0.2) is 36.5 Å². The highest BCUT2D eigenvalue weighted by molar-refractivity contribution is 5.95. The van der Waals surface area contributed by atoms with Crippen molar-refractivity contribution < 1.29 is 14.7 Å². The standard InChI is InChI=1S/C19H23N3O3/c1-13-10-12-22(21-13)15-8-6-14(7-9-15)17(23)20-19(2)11-4-3-5-16(19)18(24)25/h6-10,12,16H,3-5,11H2,1-2H3,(H,20,23)(H,24,25).